The van der Waals surface area contributed by atoms with Gasteiger partial charge in [0.05, 0.1) is 38.6 Å². The molecule has 0 bridgehead atoms. The van der Waals surface area contributed by atoms with Gasteiger partial charge in [0, 0.05) is 6.42 Å². The topological polar surface area (TPSA) is 307 Å². The van der Waals surface area contributed by atoms with Crippen LogP contribution < -0.4 is 5.32 Å². The summed E-state index contributed by atoms with van der Waals surface area (Å²) >= 11 is 0. The van der Waals surface area contributed by atoms with E-state index >= 15 is 0 Å². The lowest BCUT2D eigenvalue weighted by atomic mass is 9.96. The summed E-state index contributed by atoms with van der Waals surface area (Å²) in [6, 6.07) is -0.981. The molecule has 1 amide bonds. The first kappa shape index (κ1) is 84.2. The third kappa shape index (κ3) is 36.4. The van der Waals surface area contributed by atoms with E-state index in [0.717, 1.165) is 96.3 Å². The zero-order valence-corrected chi connectivity index (χ0v) is 57.0. The van der Waals surface area contributed by atoms with E-state index in [9.17, 15) is 61.0 Å². The SMILES string of the molecule is CC/C=C\C/C=C\C/C=C\C/C=C\C/C=C\C/C=C\CCCCCCCCCCCCC(=O)NC(COC1OC(CO)C(OC2OC(CO)C(OC3OC(CO)C(O)C(O)C3O)C(O)C2O)C(O)C1O)C(O)/C=C/CCCCCCCCCCCCCCCCCCC. The number of nitrogens with one attached hydrogen (secondary N) is 1. The molecule has 3 aliphatic rings. The second-order valence-electron chi connectivity index (χ2n) is 25.7. The smallest absolute Gasteiger partial charge is 0.220 e. The Morgan fingerprint density at radius 3 is 1.16 bits per heavy atom. The maximum atomic E-state index is 13.4. The molecular formula is C74H129NO18. The van der Waals surface area contributed by atoms with E-state index in [1.54, 1.807) is 6.08 Å². The lowest BCUT2D eigenvalue weighted by Gasteiger charge is -2.48. The van der Waals surface area contributed by atoms with E-state index in [-0.39, 0.29) is 18.9 Å². The Hall–Kier alpha value is -3.03. The van der Waals surface area contributed by atoms with Crippen LogP contribution in [-0.4, -0.2) is 193 Å². The summed E-state index contributed by atoms with van der Waals surface area (Å²) in [5.74, 6) is -0.282. The van der Waals surface area contributed by atoms with Crippen LogP contribution in [0, 0.1) is 0 Å². The summed E-state index contributed by atoms with van der Waals surface area (Å²) < 4.78 is 34.4. The van der Waals surface area contributed by atoms with Crippen molar-refractivity contribution in [2.24, 2.45) is 0 Å². The number of rotatable bonds is 55. The Kier molecular flexibility index (Phi) is 49.7. The fraction of sp³-hybridized carbons (Fsp3) is 0.797. The predicted octanol–water partition coefficient (Wildman–Crippen LogP) is 10.3. The minimum absolute atomic E-state index is 0.234. The summed E-state index contributed by atoms with van der Waals surface area (Å²) in [5, 5.41) is 121. The standard InChI is InChI=1S/C74H129NO18/c1-3-5-7-9-11-13-15-17-19-21-23-24-25-26-27-28-29-30-31-32-34-36-38-40-42-44-46-48-50-52-62(80)75-57(58(79)51-49-47-45-43-41-39-37-35-33-22-20-18-16-14-12-10-8-6-4-2)56-88-72-68(86)65(83)70(60(54-77)90-72)93-74-69(87)66(84)71(61(55-78)91-74)92-73-67(85)64(82)63(81)59(53-76)89-73/h5,7,11,13,17,19,23-24,26-27,29-30,49,51,57-61,63-74,76-79,81-87H,3-4,6,8-10,12,14-16,18,20-22,25,28,31-48,50,52-56H2,1-2H3,(H,75,80)/b7-5-,13-11-,19-17-,24-23-,27-26-,30-29-,51-49+. The third-order valence-electron chi connectivity index (χ3n) is 17.7. The number of aliphatic hydroxyl groups excluding tert-OH is 11. The van der Waals surface area contributed by atoms with E-state index in [0.29, 0.717) is 6.42 Å². The van der Waals surface area contributed by atoms with Gasteiger partial charge in [0.2, 0.25) is 5.91 Å². The molecule has 0 saturated carbocycles. The number of carbonyl (C=O) groups is 1. The Morgan fingerprint density at radius 2 is 0.742 bits per heavy atom. The first-order valence-corrected chi connectivity index (χ1v) is 36.3. The molecule has 93 heavy (non-hydrogen) atoms. The van der Waals surface area contributed by atoms with Crippen LogP contribution in [0.4, 0.5) is 0 Å². The Balaban J connectivity index is 1.42. The highest BCUT2D eigenvalue weighted by Crippen LogP contribution is 2.33. The number of ether oxygens (including phenoxy) is 6. The second-order valence-corrected chi connectivity index (χ2v) is 25.7. The van der Waals surface area contributed by atoms with Crippen LogP contribution in [0.3, 0.4) is 0 Å². The largest absolute Gasteiger partial charge is 0.394 e. The molecule has 19 heteroatoms. The van der Waals surface area contributed by atoms with Crippen molar-refractivity contribution in [2.75, 3.05) is 26.4 Å². The molecule has 3 saturated heterocycles. The molecule has 17 atom stereocenters. The zero-order chi connectivity index (χ0) is 67.5. The molecule has 0 spiro atoms. The molecule has 3 aliphatic heterocycles. The van der Waals surface area contributed by atoms with Gasteiger partial charge in [-0.15, -0.1) is 0 Å². The Labute approximate surface area is 559 Å². The van der Waals surface area contributed by atoms with Gasteiger partial charge in [-0.25, -0.2) is 0 Å². The van der Waals surface area contributed by atoms with Crippen molar-refractivity contribution in [1.82, 2.24) is 5.32 Å². The normalized spacial score (nSPS) is 28.0. The van der Waals surface area contributed by atoms with Gasteiger partial charge in [0.25, 0.3) is 0 Å². The van der Waals surface area contributed by atoms with Crippen molar-refractivity contribution in [3.8, 4) is 0 Å². The fourth-order valence-corrected chi connectivity index (χ4v) is 11.8. The van der Waals surface area contributed by atoms with Crippen LogP contribution in [0.5, 0.6) is 0 Å². The molecule has 19 nitrogen and oxygen atoms in total. The van der Waals surface area contributed by atoms with Gasteiger partial charge in [-0.2, -0.15) is 0 Å². The number of aliphatic hydroxyl groups is 11. The molecule has 3 rings (SSSR count). The Bertz CT molecular complexity index is 2010. The quantitative estimate of drug-likeness (QED) is 0.0199. The summed E-state index contributed by atoms with van der Waals surface area (Å²) in [5.41, 5.74) is 0. The molecule has 12 N–H and O–H groups in total. The number of hydrogen-bond acceptors (Lipinski definition) is 18. The summed E-state index contributed by atoms with van der Waals surface area (Å²) in [6.45, 7) is 1.62. The summed E-state index contributed by atoms with van der Waals surface area (Å²) in [4.78, 5) is 13.4. The van der Waals surface area contributed by atoms with Crippen LogP contribution in [0.25, 0.3) is 0 Å². The molecule has 3 fully saturated rings. The van der Waals surface area contributed by atoms with E-state index in [1.807, 2.05) is 6.08 Å². The van der Waals surface area contributed by atoms with Crippen molar-refractivity contribution in [2.45, 2.75) is 349 Å². The first-order chi connectivity index (χ1) is 45.3. The predicted molar refractivity (Wildman–Crippen MR) is 364 cm³/mol. The minimum atomic E-state index is -1.98. The molecule has 0 aromatic heterocycles. The lowest BCUT2D eigenvalue weighted by molar-refractivity contribution is -0.379. The highest BCUT2D eigenvalue weighted by atomic mass is 16.8. The van der Waals surface area contributed by atoms with Gasteiger partial charge < -0.3 is 89.9 Å². The molecule has 538 valence electrons. The van der Waals surface area contributed by atoms with Crippen molar-refractivity contribution >= 4 is 5.91 Å². The highest BCUT2D eigenvalue weighted by molar-refractivity contribution is 5.76. The number of unbranched alkanes of at least 4 members (excludes halogenated alkanes) is 27. The van der Waals surface area contributed by atoms with Gasteiger partial charge >= 0.3 is 0 Å². The van der Waals surface area contributed by atoms with Crippen molar-refractivity contribution in [3.63, 3.8) is 0 Å². The van der Waals surface area contributed by atoms with Crippen LogP contribution in [-0.2, 0) is 33.2 Å². The molecule has 0 aromatic rings. The molecule has 0 aromatic carbocycles. The molecule has 0 radical (unpaired) electrons. The van der Waals surface area contributed by atoms with E-state index in [1.165, 1.54) is 122 Å². The molecule has 3 heterocycles. The van der Waals surface area contributed by atoms with Gasteiger partial charge in [-0.1, -0.05) is 253 Å². The average Bonchev–Trinajstić information content (AvgIpc) is 1.00. The molecular weight excluding hydrogens is 1190 g/mol. The van der Waals surface area contributed by atoms with E-state index in [2.05, 4.69) is 92.1 Å². The first-order valence-electron chi connectivity index (χ1n) is 36.3. The molecule has 17 unspecified atom stereocenters. The number of carbonyl (C=O) groups excluding carboxylic acids is 1. The van der Waals surface area contributed by atoms with E-state index < -0.39 is 124 Å². The molecule has 0 aliphatic carbocycles. The maximum absolute atomic E-state index is 13.4. The Morgan fingerprint density at radius 1 is 0.398 bits per heavy atom. The lowest BCUT2D eigenvalue weighted by Crippen LogP contribution is -2.66. The van der Waals surface area contributed by atoms with Crippen LogP contribution in [0.1, 0.15) is 245 Å². The van der Waals surface area contributed by atoms with Gasteiger partial charge in [-0.3, -0.25) is 4.79 Å². The van der Waals surface area contributed by atoms with Crippen molar-refractivity contribution in [1.29, 1.82) is 0 Å². The number of allylic oxidation sites excluding steroid dienone is 13. The van der Waals surface area contributed by atoms with Crippen molar-refractivity contribution < 1.29 is 89.4 Å². The average molecular weight is 1320 g/mol. The number of hydrogen-bond donors (Lipinski definition) is 12. The van der Waals surface area contributed by atoms with Crippen LogP contribution in [0.2, 0.25) is 0 Å². The zero-order valence-electron chi connectivity index (χ0n) is 57.0. The third-order valence-corrected chi connectivity index (χ3v) is 17.7. The van der Waals surface area contributed by atoms with Crippen molar-refractivity contribution in [3.05, 3.63) is 85.1 Å². The van der Waals surface area contributed by atoms with Gasteiger partial charge in [0.15, 0.2) is 18.9 Å². The van der Waals surface area contributed by atoms with Crippen LogP contribution >= 0.6 is 0 Å². The summed E-state index contributed by atoms with van der Waals surface area (Å²) in [7, 11) is 0. The van der Waals surface area contributed by atoms with Gasteiger partial charge in [0.1, 0.15) is 73.2 Å². The fourth-order valence-electron chi connectivity index (χ4n) is 11.8. The number of amides is 1. The monoisotopic (exact) mass is 1320 g/mol. The van der Waals surface area contributed by atoms with Crippen LogP contribution in [0.15, 0.2) is 85.1 Å². The van der Waals surface area contributed by atoms with E-state index in [4.69, 9.17) is 28.4 Å². The maximum Gasteiger partial charge on any atom is 0.220 e. The summed E-state index contributed by atoms with van der Waals surface area (Å²) in [6.07, 6.45) is 44.0. The second kappa shape index (κ2) is 54.9. The van der Waals surface area contributed by atoms with Gasteiger partial charge in [-0.05, 0) is 70.6 Å². The minimum Gasteiger partial charge on any atom is -0.394 e. The highest BCUT2D eigenvalue weighted by Gasteiger charge is 2.53.